The van der Waals surface area contributed by atoms with Crippen molar-refractivity contribution in [3.8, 4) is 11.3 Å². The smallest absolute Gasteiger partial charge is 0.412 e. The van der Waals surface area contributed by atoms with Gasteiger partial charge in [0.2, 0.25) is 0 Å². The number of aromatic nitrogens is 2. The van der Waals surface area contributed by atoms with Gasteiger partial charge in [-0.15, -0.1) is 0 Å². The van der Waals surface area contributed by atoms with E-state index in [9.17, 15) is 27.9 Å². The lowest BCUT2D eigenvalue weighted by molar-refractivity contribution is 0.102. The average Bonchev–Trinajstić information content (AvgIpc) is 2.88. The molecule has 196 valence electrons. The Bertz CT molecular complexity index is 1410. The molecule has 2 amide bonds. The number of anilines is 2. The zero-order valence-corrected chi connectivity index (χ0v) is 19.8. The fraction of sp³-hybridized carbons (Fsp3) is 0.250. The fourth-order valence-electron chi connectivity index (χ4n) is 4.35. The second kappa shape index (κ2) is 11.2. The first-order chi connectivity index (χ1) is 18.2. The molecule has 1 aliphatic rings. The van der Waals surface area contributed by atoms with Gasteiger partial charge in [-0.05, 0) is 48.3 Å². The molecule has 0 bridgehead atoms. The summed E-state index contributed by atoms with van der Waals surface area (Å²) in [6, 6.07) is 4.66. The number of azide groups is 1. The number of carbonyl (C=O) groups is 2. The van der Waals surface area contributed by atoms with E-state index in [-0.39, 0.29) is 29.5 Å². The normalized spacial score (nSPS) is 18.8. The lowest BCUT2D eigenvalue weighted by Crippen LogP contribution is -2.58. The first-order valence-corrected chi connectivity index (χ1v) is 11.4. The van der Waals surface area contributed by atoms with Gasteiger partial charge in [-0.3, -0.25) is 14.7 Å². The number of nitrogens with zero attached hydrogens (tertiary/aromatic N) is 6. The van der Waals surface area contributed by atoms with Gasteiger partial charge in [-0.1, -0.05) is 18.1 Å². The van der Waals surface area contributed by atoms with Crippen molar-refractivity contribution < 1.29 is 27.9 Å². The van der Waals surface area contributed by atoms with Crippen molar-refractivity contribution in [1.82, 2.24) is 15.3 Å². The van der Waals surface area contributed by atoms with Crippen LogP contribution in [0.5, 0.6) is 0 Å². The number of pyridine rings is 2. The number of hydrogen-bond donors (Lipinski definition) is 3. The molecule has 3 heterocycles. The first-order valence-electron chi connectivity index (χ1n) is 11.4. The Hall–Kier alpha value is -4.68. The van der Waals surface area contributed by atoms with Crippen LogP contribution in [0.3, 0.4) is 0 Å². The van der Waals surface area contributed by atoms with Gasteiger partial charge in [0, 0.05) is 17.7 Å². The fourth-order valence-corrected chi connectivity index (χ4v) is 4.35. The molecule has 0 spiro atoms. The maximum atomic E-state index is 14.5. The molecule has 1 fully saturated rings. The summed E-state index contributed by atoms with van der Waals surface area (Å²) < 4.78 is 43.0. The second-order valence-corrected chi connectivity index (χ2v) is 8.52. The van der Waals surface area contributed by atoms with Gasteiger partial charge in [0.15, 0.2) is 0 Å². The Morgan fingerprint density at radius 1 is 1.16 bits per heavy atom. The summed E-state index contributed by atoms with van der Waals surface area (Å²) in [5.41, 5.74) is 7.19. The number of amides is 2. The Morgan fingerprint density at radius 2 is 1.89 bits per heavy atom. The average molecular weight is 526 g/mol. The molecule has 1 saturated heterocycles. The maximum absolute atomic E-state index is 14.5. The summed E-state index contributed by atoms with van der Waals surface area (Å²) in [4.78, 5) is 37.0. The van der Waals surface area contributed by atoms with Crippen LogP contribution in [0.4, 0.5) is 29.3 Å². The number of halogens is 3. The molecular formula is C24H21F3N8O3. The molecule has 0 radical (unpaired) electrons. The number of piperidine rings is 1. The van der Waals surface area contributed by atoms with E-state index in [0.717, 1.165) is 35.2 Å². The number of rotatable bonds is 6. The van der Waals surface area contributed by atoms with E-state index in [0.29, 0.717) is 6.54 Å². The highest BCUT2D eigenvalue weighted by atomic mass is 19.1. The van der Waals surface area contributed by atoms with Gasteiger partial charge in [-0.2, -0.15) is 0 Å². The van der Waals surface area contributed by atoms with Crippen LogP contribution in [0, 0.1) is 23.4 Å². The van der Waals surface area contributed by atoms with Crippen LogP contribution in [0.2, 0.25) is 0 Å². The van der Waals surface area contributed by atoms with Gasteiger partial charge < -0.3 is 15.7 Å². The Labute approximate surface area is 214 Å². The van der Waals surface area contributed by atoms with Gasteiger partial charge in [0.25, 0.3) is 5.91 Å². The summed E-state index contributed by atoms with van der Waals surface area (Å²) in [5.74, 6) is -4.28. The number of hydrogen-bond acceptors (Lipinski definition) is 6. The van der Waals surface area contributed by atoms with E-state index in [4.69, 9.17) is 5.53 Å². The van der Waals surface area contributed by atoms with Crippen LogP contribution >= 0.6 is 0 Å². The van der Waals surface area contributed by atoms with Crippen molar-refractivity contribution in [1.29, 1.82) is 0 Å². The lowest BCUT2D eigenvalue weighted by Gasteiger charge is -2.40. The summed E-state index contributed by atoms with van der Waals surface area (Å²) in [7, 11) is 0. The van der Waals surface area contributed by atoms with Crippen LogP contribution < -0.4 is 15.5 Å². The van der Waals surface area contributed by atoms with Crippen molar-refractivity contribution >= 4 is 23.4 Å². The largest absolute Gasteiger partial charge is 0.465 e. The van der Waals surface area contributed by atoms with Crippen molar-refractivity contribution in [3.05, 3.63) is 82.4 Å². The Morgan fingerprint density at radius 3 is 2.58 bits per heavy atom. The van der Waals surface area contributed by atoms with Crippen molar-refractivity contribution in [2.24, 2.45) is 11.0 Å². The Balaban J connectivity index is 1.70. The third-order valence-electron chi connectivity index (χ3n) is 6.10. The zero-order chi connectivity index (χ0) is 27.4. The zero-order valence-electron chi connectivity index (χ0n) is 19.8. The van der Waals surface area contributed by atoms with Crippen molar-refractivity contribution in [3.63, 3.8) is 0 Å². The van der Waals surface area contributed by atoms with Gasteiger partial charge >= 0.3 is 6.09 Å². The van der Waals surface area contributed by atoms with E-state index in [1.54, 1.807) is 0 Å². The predicted octanol–water partition coefficient (Wildman–Crippen LogP) is 4.58. The summed E-state index contributed by atoms with van der Waals surface area (Å²) >= 11 is 0. The number of carboxylic acid groups (broad SMARTS) is 1. The van der Waals surface area contributed by atoms with E-state index >= 15 is 0 Å². The summed E-state index contributed by atoms with van der Waals surface area (Å²) in [6.45, 7) is 2.49. The first kappa shape index (κ1) is 26.4. The van der Waals surface area contributed by atoms with Crippen LogP contribution in [0.1, 0.15) is 17.4 Å². The van der Waals surface area contributed by atoms with Gasteiger partial charge in [-0.25, -0.2) is 22.9 Å². The highest BCUT2D eigenvalue weighted by Crippen LogP contribution is 2.32. The van der Waals surface area contributed by atoms with Crippen LogP contribution in [-0.2, 0) is 0 Å². The molecule has 3 N–H and O–H groups in total. The van der Waals surface area contributed by atoms with E-state index in [1.165, 1.54) is 18.5 Å². The highest BCUT2D eigenvalue weighted by molar-refractivity contribution is 6.06. The van der Waals surface area contributed by atoms with Crippen LogP contribution in [0.15, 0.2) is 53.9 Å². The molecule has 14 heteroatoms. The molecule has 38 heavy (non-hydrogen) atoms. The van der Waals surface area contributed by atoms with Crippen molar-refractivity contribution in [2.45, 2.75) is 19.0 Å². The SMILES string of the molecule is C[C@H]1CNC[C@@H](N(C(=O)O)c2ccncc2NC(=O)c2ccc(F)c(-c3c(F)cccc3F)n2)[C@H]1N=[N+]=[N-]. The minimum Gasteiger partial charge on any atom is -0.465 e. The molecular weight excluding hydrogens is 505 g/mol. The van der Waals surface area contributed by atoms with E-state index < -0.39 is 52.8 Å². The second-order valence-electron chi connectivity index (χ2n) is 8.52. The summed E-state index contributed by atoms with van der Waals surface area (Å²) in [6.07, 6.45) is 1.15. The maximum Gasteiger partial charge on any atom is 0.412 e. The minimum atomic E-state index is -1.37. The van der Waals surface area contributed by atoms with Crippen LogP contribution in [0.25, 0.3) is 21.7 Å². The predicted molar refractivity (Wildman–Crippen MR) is 131 cm³/mol. The Kier molecular flexibility index (Phi) is 7.74. The van der Waals surface area contributed by atoms with Gasteiger partial charge in [0.1, 0.15) is 28.8 Å². The third kappa shape index (κ3) is 5.21. The topological polar surface area (TPSA) is 156 Å². The molecule has 2 aromatic heterocycles. The summed E-state index contributed by atoms with van der Waals surface area (Å²) in [5, 5.41) is 19.5. The third-order valence-corrected chi connectivity index (χ3v) is 6.10. The van der Waals surface area contributed by atoms with Crippen molar-refractivity contribution in [2.75, 3.05) is 23.3 Å². The molecule has 1 aliphatic heterocycles. The molecule has 1 aromatic carbocycles. The molecule has 3 atom stereocenters. The lowest BCUT2D eigenvalue weighted by atomic mass is 9.90. The van der Waals surface area contributed by atoms with Gasteiger partial charge in [0.05, 0.1) is 35.2 Å². The van der Waals surface area contributed by atoms with E-state index in [2.05, 4.69) is 30.6 Å². The monoisotopic (exact) mass is 526 g/mol. The number of benzene rings is 1. The standard InChI is InChI=1S/C24H21F3N8O3/c1-12-9-30-11-19(21(12)33-34-28)35(24(37)38)18-7-8-29-10-17(18)32-23(36)16-6-5-15(27)22(31-16)20-13(25)3-2-4-14(20)26/h2-8,10,12,19,21,30H,9,11H2,1H3,(H,32,36)(H,37,38)/t12-,19+,21-/m0/s1. The number of nitrogens with one attached hydrogen (secondary N) is 2. The highest BCUT2D eigenvalue weighted by Gasteiger charge is 2.38. The molecule has 3 aromatic rings. The molecule has 0 saturated carbocycles. The molecule has 0 aliphatic carbocycles. The minimum absolute atomic E-state index is 0.0300. The molecule has 11 nitrogen and oxygen atoms in total. The number of carbonyl (C=O) groups excluding carboxylic acids is 1. The van der Waals surface area contributed by atoms with Crippen LogP contribution in [-0.4, -0.2) is 52.2 Å². The molecule has 4 rings (SSSR count). The quantitative estimate of drug-likeness (QED) is 0.242. The molecule has 0 unspecified atom stereocenters. The van der Waals surface area contributed by atoms with E-state index in [1.807, 2.05) is 6.92 Å².